The fourth-order valence-electron chi connectivity index (χ4n) is 2.40. The van der Waals surface area contributed by atoms with Crippen LogP contribution in [0.25, 0.3) is 0 Å². The lowest BCUT2D eigenvalue weighted by atomic mass is 10.2. The van der Waals surface area contributed by atoms with Crippen LogP contribution in [0.1, 0.15) is 23.9 Å². The van der Waals surface area contributed by atoms with Crippen LogP contribution in [0.3, 0.4) is 0 Å². The highest BCUT2D eigenvalue weighted by Gasteiger charge is 2.24. The van der Waals surface area contributed by atoms with Gasteiger partial charge in [0.1, 0.15) is 10.6 Å². The van der Waals surface area contributed by atoms with Gasteiger partial charge in [0, 0.05) is 26.6 Å². The fourth-order valence-corrected chi connectivity index (χ4v) is 3.74. The van der Waals surface area contributed by atoms with Gasteiger partial charge in [0.25, 0.3) is 0 Å². The third-order valence-corrected chi connectivity index (χ3v) is 5.28. The van der Waals surface area contributed by atoms with Crippen LogP contribution < -0.4 is 4.72 Å². The van der Waals surface area contributed by atoms with Gasteiger partial charge in [-0.3, -0.25) is 4.79 Å². The number of aryl methyl sites for hydroxylation is 2. The number of benzene rings is 1. The summed E-state index contributed by atoms with van der Waals surface area (Å²) in [4.78, 5) is 13.4. The summed E-state index contributed by atoms with van der Waals surface area (Å²) in [6.45, 7) is 5.40. The molecule has 0 saturated heterocycles. The van der Waals surface area contributed by atoms with Gasteiger partial charge < -0.3 is 9.42 Å². The Balaban J connectivity index is 1.99. The number of hydrogen-bond acceptors (Lipinski definition) is 5. The van der Waals surface area contributed by atoms with Gasteiger partial charge in [-0.05, 0) is 19.4 Å². The summed E-state index contributed by atoms with van der Waals surface area (Å²) < 4.78 is 32.0. The van der Waals surface area contributed by atoms with E-state index >= 15 is 0 Å². The molecule has 8 heteroatoms. The molecule has 1 aromatic carbocycles. The van der Waals surface area contributed by atoms with Crippen molar-refractivity contribution in [3.05, 3.63) is 47.3 Å². The van der Waals surface area contributed by atoms with Crippen LogP contribution >= 0.6 is 0 Å². The van der Waals surface area contributed by atoms with Crippen LogP contribution in [0.2, 0.25) is 0 Å². The number of nitrogens with one attached hydrogen (secondary N) is 1. The summed E-state index contributed by atoms with van der Waals surface area (Å²) in [5.41, 5.74) is 1.30. The predicted octanol–water partition coefficient (Wildman–Crippen LogP) is 1.62. The molecule has 0 aliphatic heterocycles. The van der Waals surface area contributed by atoms with Crippen molar-refractivity contribution in [3.63, 3.8) is 0 Å². The molecule has 0 fully saturated rings. The summed E-state index contributed by atoms with van der Waals surface area (Å²) >= 11 is 0. The van der Waals surface area contributed by atoms with Crippen molar-refractivity contribution in [2.45, 2.75) is 32.2 Å². The summed E-state index contributed by atoms with van der Waals surface area (Å²) in [5, 5.41) is 3.65. The maximum atomic E-state index is 12.3. The lowest BCUT2D eigenvalue weighted by Crippen LogP contribution is -2.37. The largest absolute Gasteiger partial charge is 0.360 e. The van der Waals surface area contributed by atoms with Crippen LogP contribution in [-0.2, 0) is 21.4 Å². The van der Waals surface area contributed by atoms with Gasteiger partial charge in [0.05, 0.1) is 0 Å². The summed E-state index contributed by atoms with van der Waals surface area (Å²) in [7, 11) is -3.72. The molecule has 0 aliphatic rings. The number of aromatic nitrogens is 1. The van der Waals surface area contributed by atoms with E-state index in [1.165, 1.54) is 6.92 Å². The Morgan fingerprint density at radius 1 is 1.25 bits per heavy atom. The fraction of sp³-hybridized carbons (Fsp3) is 0.375. The average molecular weight is 351 g/mol. The number of nitrogens with zero attached hydrogens (tertiary/aromatic N) is 2. The van der Waals surface area contributed by atoms with Crippen LogP contribution in [0.15, 0.2) is 39.8 Å². The van der Waals surface area contributed by atoms with Gasteiger partial charge in [-0.15, -0.1) is 0 Å². The zero-order valence-corrected chi connectivity index (χ0v) is 14.8. The Morgan fingerprint density at radius 3 is 2.46 bits per heavy atom. The molecule has 0 radical (unpaired) electrons. The molecule has 1 amide bonds. The minimum atomic E-state index is -3.72. The maximum Gasteiger partial charge on any atom is 0.246 e. The monoisotopic (exact) mass is 351 g/mol. The summed E-state index contributed by atoms with van der Waals surface area (Å²) in [5.74, 6) is 0.128. The van der Waals surface area contributed by atoms with Gasteiger partial charge in [-0.2, -0.15) is 0 Å². The van der Waals surface area contributed by atoms with E-state index in [1.54, 1.807) is 18.7 Å². The van der Waals surface area contributed by atoms with Crippen molar-refractivity contribution in [3.8, 4) is 0 Å². The molecular formula is C16H21N3O4S. The molecule has 0 atom stereocenters. The third kappa shape index (κ3) is 4.42. The first-order valence-electron chi connectivity index (χ1n) is 7.53. The normalized spacial score (nSPS) is 11.5. The minimum absolute atomic E-state index is 0.0555. The van der Waals surface area contributed by atoms with E-state index in [9.17, 15) is 13.2 Å². The molecule has 0 aliphatic carbocycles. The molecule has 0 saturated carbocycles. The summed E-state index contributed by atoms with van der Waals surface area (Å²) in [6, 6.07) is 9.54. The van der Waals surface area contributed by atoms with Crippen LogP contribution in [0.5, 0.6) is 0 Å². The Hall–Kier alpha value is -2.19. The number of hydrogen-bond donors (Lipinski definition) is 1. The van der Waals surface area contributed by atoms with E-state index < -0.39 is 10.0 Å². The molecular weight excluding hydrogens is 330 g/mol. The van der Waals surface area contributed by atoms with E-state index in [2.05, 4.69) is 9.88 Å². The number of carbonyl (C=O) groups is 1. The van der Waals surface area contributed by atoms with E-state index in [0.717, 1.165) is 5.56 Å². The SMILES string of the molecule is CC(=O)N(CCNS(=O)(=O)c1c(C)noc1C)Cc1ccccc1. The third-order valence-electron chi connectivity index (χ3n) is 3.57. The van der Waals surface area contributed by atoms with Crippen molar-refractivity contribution in [1.29, 1.82) is 0 Å². The smallest absolute Gasteiger partial charge is 0.246 e. The first kappa shape index (κ1) is 18.2. The molecule has 2 aromatic rings. The second kappa shape index (κ2) is 7.59. The molecule has 7 nitrogen and oxygen atoms in total. The Labute approximate surface area is 141 Å². The highest BCUT2D eigenvalue weighted by molar-refractivity contribution is 7.89. The molecule has 0 spiro atoms. The molecule has 24 heavy (non-hydrogen) atoms. The second-order valence-corrected chi connectivity index (χ2v) is 7.18. The Morgan fingerprint density at radius 2 is 1.92 bits per heavy atom. The van der Waals surface area contributed by atoms with Crippen molar-refractivity contribution >= 4 is 15.9 Å². The highest BCUT2D eigenvalue weighted by Crippen LogP contribution is 2.18. The van der Waals surface area contributed by atoms with E-state index in [0.29, 0.717) is 12.2 Å². The van der Waals surface area contributed by atoms with Crippen LogP contribution in [0, 0.1) is 13.8 Å². The minimum Gasteiger partial charge on any atom is -0.360 e. The summed E-state index contributed by atoms with van der Waals surface area (Å²) in [6.07, 6.45) is 0. The van der Waals surface area contributed by atoms with Crippen molar-refractivity contribution in [2.24, 2.45) is 0 Å². The number of amides is 1. The zero-order chi connectivity index (χ0) is 17.7. The zero-order valence-electron chi connectivity index (χ0n) is 13.9. The lowest BCUT2D eigenvalue weighted by molar-refractivity contribution is -0.129. The number of carbonyl (C=O) groups excluding carboxylic acids is 1. The van der Waals surface area contributed by atoms with Gasteiger partial charge in [-0.1, -0.05) is 35.5 Å². The second-order valence-electron chi connectivity index (χ2n) is 5.48. The van der Waals surface area contributed by atoms with Gasteiger partial charge in [-0.25, -0.2) is 13.1 Å². The van der Waals surface area contributed by atoms with E-state index in [4.69, 9.17) is 4.52 Å². The Bertz CT molecular complexity index is 780. The molecule has 0 bridgehead atoms. The van der Waals surface area contributed by atoms with Gasteiger partial charge in [0.15, 0.2) is 5.76 Å². The topological polar surface area (TPSA) is 92.5 Å². The lowest BCUT2D eigenvalue weighted by Gasteiger charge is -2.21. The first-order valence-corrected chi connectivity index (χ1v) is 9.01. The molecule has 0 unspecified atom stereocenters. The van der Waals surface area contributed by atoms with Crippen molar-refractivity contribution < 1.29 is 17.7 Å². The highest BCUT2D eigenvalue weighted by atomic mass is 32.2. The molecule has 2 rings (SSSR count). The molecule has 130 valence electrons. The number of rotatable bonds is 7. The van der Waals surface area contributed by atoms with Crippen LogP contribution in [-0.4, -0.2) is 37.5 Å². The number of sulfonamides is 1. The molecule has 1 aromatic heterocycles. The standard InChI is InChI=1S/C16H21N3O4S/c1-12-16(13(2)23-18-12)24(21,22)17-9-10-19(14(3)20)11-15-7-5-4-6-8-15/h4-8,17H,9-11H2,1-3H3. The van der Waals surface area contributed by atoms with Crippen LogP contribution in [0.4, 0.5) is 0 Å². The van der Waals surface area contributed by atoms with E-state index in [-0.39, 0.29) is 29.7 Å². The predicted molar refractivity (Wildman–Crippen MR) is 88.7 cm³/mol. The average Bonchev–Trinajstić information content (AvgIpc) is 2.86. The first-order chi connectivity index (χ1) is 11.3. The van der Waals surface area contributed by atoms with Gasteiger partial charge in [0.2, 0.25) is 15.9 Å². The molecule has 1 N–H and O–H groups in total. The molecule has 1 heterocycles. The van der Waals surface area contributed by atoms with Crippen molar-refractivity contribution in [2.75, 3.05) is 13.1 Å². The van der Waals surface area contributed by atoms with Crippen molar-refractivity contribution in [1.82, 2.24) is 14.8 Å². The quantitative estimate of drug-likeness (QED) is 0.818. The van der Waals surface area contributed by atoms with E-state index in [1.807, 2.05) is 30.3 Å². The Kier molecular flexibility index (Phi) is 5.74. The maximum absolute atomic E-state index is 12.3. The van der Waals surface area contributed by atoms with Gasteiger partial charge >= 0.3 is 0 Å².